The van der Waals surface area contributed by atoms with Crippen LogP contribution in [0.25, 0.3) is 0 Å². The maximum atomic E-state index is 13.5. The van der Waals surface area contributed by atoms with Crippen molar-refractivity contribution in [3.8, 4) is 0 Å². The molecular formula is C16H18BrFN2. The van der Waals surface area contributed by atoms with Gasteiger partial charge in [0.15, 0.2) is 0 Å². The van der Waals surface area contributed by atoms with E-state index in [1.807, 2.05) is 6.07 Å². The van der Waals surface area contributed by atoms with Crippen LogP contribution in [-0.4, -0.2) is 4.57 Å². The molecule has 1 unspecified atom stereocenters. The van der Waals surface area contributed by atoms with Gasteiger partial charge in [0.2, 0.25) is 0 Å². The molecule has 2 N–H and O–H groups in total. The first-order valence-corrected chi connectivity index (χ1v) is 7.81. The van der Waals surface area contributed by atoms with Crippen molar-refractivity contribution in [2.24, 2.45) is 5.73 Å². The SMILES string of the molecule is NC1CCCCc2cn(Cc3cccc(F)c3Br)cc21. The van der Waals surface area contributed by atoms with Gasteiger partial charge in [-0.05, 0) is 57.9 Å². The monoisotopic (exact) mass is 336 g/mol. The number of hydrogen-bond donors (Lipinski definition) is 1. The molecule has 1 heterocycles. The van der Waals surface area contributed by atoms with Gasteiger partial charge in [0, 0.05) is 25.0 Å². The molecular weight excluding hydrogens is 319 g/mol. The number of aromatic nitrogens is 1. The molecule has 1 aliphatic rings. The van der Waals surface area contributed by atoms with Crippen LogP contribution in [0.3, 0.4) is 0 Å². The Hall–Kier alpha value is -1.13. The number of rotatable bonds is 2. The van der Waals surface area contributed by atoms with Crippen LogP contribution >= 0.6 is 15.9 Å². The van der Waals surface area contributed by atoms with Crippen LogP contribution in [-0.2, 0) is 13.0 Å². The van der Waals surface area contributed by atoms with Crippen LogP contribution in [0.4, 0.5) is 4.39 Å². The fourth-order valence-electron chi connectivity index (χ4n) is 2.91. The first kappa shape index (κ1) is 13.8. The largest absolute Gasteiger partial charge is 0.349 e. The summed E-state index contributed by atoms with van der Waals surface area (Å²) in [5, 5.41) is 0. The minimum atomic E-state index is -0.215. The topological polar surface area (TPSA) is 30.9 Å². The number of hydrogen-bond acceptors (Lipinski definition) is 1. The van der Waals surface area contributed by atoms with Crippen LogP contribution in [0.15, 0.2) is 35.1 Å². The number of nitrogens with zero attached hydrogens (tertiary/aromatic N) is 1. The normalized spacial score (nSPS) is 18.6. The molecule has 2 aromatic rings. The predicted molar refractivity (Wildman–Crippen MR) is 82.1 cm³/mol. The average Bonchev–Trinajstić information content (AvgIpc) is 2.75. The molecule has 0 saturated heterocycles. The minimum absolute atomic E-state index is 0.143. The molecule has 0 bridgehead atoms. The lowest BCUT2D eigenvalue weighted by Gasteiger charge is -2.08. The van der Waals surface area contributed by atoms with Crippen molar-refractivity contribution in [2.45, 2.75) is 38.3 Å². The summed E-state index contributed by atoms with van der Waals surface area (Å²) in [7, 11) is 0. The summed E-state index contributed by atoms with van der Waals surface area (Å²) in [6, 6.07) is 5.30. The Morgan fingerprint density at radius 3 is 3.00 bits per heavy atom. The second-order valence-corrected chi connectivity index (χ2v) is 6.27. The summed E-state index contributed by atoms with van der Waals surface area (Å²) in [5.41, 5.74) is 9.78. The number of halogens is 2. The first-order valence-electron chi connectivity index (χ1n) is 7.02. The van der Waals surface area contributed by atoms with E-state index < -0.39 is 0 Å². The smallest absolute Gasteiger partial charge is 0.137 e. The molecule has 1 aromatic heterocycles. The van der Waals surface area contributed by atoms with Crippen LogP contribution in [0.1, 0.15) is 42.0 Å². The third kappa shape index (κ3) is 2.67. The summed E-state index contributed by atoms with van der Waals surface area (Å²) < 4.78 is 16.2. The summed E-state index contributed by atoms with van der Waals surface area (Å²) in [5.74, 6) is -0.215. The zero-order valence-electron chi connectivity index (χ0n) is 11.3. The number of benzene rings is 1. The van der Waals surface area contributed by atoms with Crippen LogP contribution in [0, 0.1) is 5.82 Å². The van der Waals surface area contributed by atoms with Crippen molar-refractivity contribution in [3.05, 3.63) is 57.6 Å². The van der Waals surface area contributed by atoms with Gasteiger partial charge in [-0.1, -0.05) is 18.6 Å². The van der Waals surface area contributed by atoms with Crippen LogP contribution < -0.4 is 5.73 Å². The second-order valence-electron chi connectivity index (χ2n) is 5.48. The van der Waals surface area contributed by atoms with Gasteiger partial charge in [-0.3, -0.25) is 0 Å². The Labute approximate surface area is 126 Å². The van der Waals surface area contributed by atoms with Gasteiger partial charge in [-0.25, -0.2) is 4.39 Å². The van der Waals surface area contributed by atoms with Crippen molar-refractivity contribution in [2.75, 3.05) is 0 Å². The highest BCUT2D eigenvalue weighted by Crippen LogP contribution is 2.29. The first-order chi connectivity index (χ1) is 9.65. The van der Waals surface area contributed by atoms with E-state index >= 15 is 0 Å². The van der Waals surface area contributed by atoms with Gasteiger partial charge in [0.05, 0.1) is 4.47 Å². The molecule has 0 spiro atoms. The van der Waals surface area contributed by atoms with Gasteiger partial charge in [-0.2, -0.15) is 0 Å². The maximum absolute atomic E-state index is 13.5. The predicted octanol–water partition coefficient (Wildman–Crippen LogP) is 4.16. The Kier molecular flexibility index (Phi) is 3.94. The molecule has 106 valence electrons. The summed E-state index contributed by atoms with van der Waals surface area (Å²) >= 11 is 3.32. The molecule has 3 rings (SSSR count). The fourth-order valence-corrected chi connectivity index (χ4v) is 3.30. The van der Waals surface area contributed by atoms with Gasteiger partial charge >= 0.3 is 0 Å². The molecule has 0 saturated carbocycles. The quantitative estimate of drug-likeness (QED) is 0.820. The van der Waals surface area contributed by atoms with Gasteiger partial charge in [-0.15, -0.1) is 0 Å². The highest BCUT2D eigenvalue weighted by molar-refractivity contribution is 9.10. The lowest BCUT2D eigenvalue weighted by atomic mass is 10.1. The number of aryl methyl sites for hydroxylation is 1. The lowest BCUT2D eigenvalue weighted by Crippen LogP contribution is -2.09. The van der Waals surface area contributed by atoms with E-state index in [-0.39, 0.29) is 11.9 Å². The zero-order chi connectivity index (χ0) is 14.1. The molecule has 0 amide bonds. The van der Waals surface area contributed by atoms with Crippen LogP contribution in [0.2, 0.25) is 0 Å². The van der Waals surface area contributed by atoms with Crippen LogP contribution in [0.5, 0.6) is 0 Å². The molecule has 0 fully saturated rings. The highest BCUT2D eigenvalue weighted by Gasteiger charge is 2.17. The molecule has 4 heteroatoms. The number of nitrogens with two attached hydrogens (primary N) is 1. The van der Waals surface area contributed by atoms with E-state index in [2.05, 4.69) is 32.9 Å². The van der Waals surface area contributed by atoms with E-state index in [4.69, 9.17) is 5.73 Å². The Morgan fingerprint density at radius 1 is 1.30 bits per heavy atom. The molecule has 20 heavy (non-hydrogen) atoms. The van der Waals surface area contributed by atoms with Gasteiger partial charge in [0.25, 0.3) is 0 Å². The van der Waals surface area contributed by atoms with Crippen molar-refractivity contribution in [1.82, 2.24) is 4.57 Å². The Morgan fingerprint density at radius 2 is 2.15 bits per heavy atom. The highest BCUT2D eigenvalue weighted by atomic mass is 79.9. The molecule has 0 aliphatic heterocycles. The van der Waals surface area contributed by atoms with Gasteiger partial charge in [0.1, 0.15) is 5.82 Å². The maximum Gasteiger partial charge on any atom is 0.137 e. The fraction of sp³-hybridized carbons (Fsp3) is 0.375. The summed E-state index contributed by atoms with van der Waals surface area (Å²) in [6.07, 6.45) is 8.85. The van der Waals surface area contributed by atoms with Crippen molar-refractivity contribution in [3.63, 3.8) is 0 Å². The molecule has 1 aliphatic carbocycles. The lowest BCUT2D eigenvalue weighted by molar-refractivity contribution is 0.607. The minimum Gasteiger partial charge on any atom is -0.349 e. The molecule has 1 atom stereocenters. The third-order valence-corrected chi connectivity index (χ3v) is 4.88. The molecule has 1 aromatic carbocycles. The van der Waals surface area contributed by atoms with Crippen molar-refractivity contribution >= 4 is 15.9 Å². The second kappa shape index (κ2) is 5.70. The van der Waals surface area contributed by atoms with E-state index in [0.29, 0.717) is 11.0 Å². The van der Waals surface area contributed by atoms with Crippen molar-refractivity contribution < 1.29 is 4.39 Å². The van der Waals surface area contributed by atoms with E-state index in [1.54, 1.807) is 6.07 Å². The zero-order valence-corrected chi connectivity index (χ0v) is 12.9. The van der Waals surface area contributed by atoms with E-state index in [1.165, 1.54) is 30.0 Å². The van der Waals surface area contributed by atoms with E-state index in [9.17, 15) is 4.39 Å². The summed E-state index contributed by atoms with van der Waals surface area (Å²) in [6.45, 7) is 0.665. The average molecular weight is 337 g/mol. The van der Waals surface area contributed by atoms with E-state index in [0.717, 1.165) is 18.4 Å². The Bertz CT molecular complexity index is 621. The Balaban J connectivity index is 1.89. The van der Waals surface area contributed by atoms with Gasteiger partial charge < -0.3 is 10.3 Å². The molecule has 2 nitrogen and oxygen atoms in total. The third-order valence-electron chi connectivity index (χ3n) is 3.99. The summed E-state index contributed by atoms with van der Waals surface area (Å²) in [4.78, 5) is 0. The number of fused-ring (bicyclic) bond motifs is 1. The standard InChI is InChI=1S/C16H18BrFN2/c17-16-12(5-3-6-14(16)18)9-20-8-11-4-1-2-7-15(19)13(11)10-20/h3,5-6,8,10,15H,1-2,4,7,9,19H2. The van der Waals surface area contributed by atoms with Crippen molar-refractivity contribution in [1.29, 1.82) is 0 Å². The molecule has 0 radical (unpaired) electrons.